The van der Waals surface area contributed by atoms with Crippen molar-refractivity contribution in [3.05, 3.63) is 23.4 Å². The third-order valence-corrected chi connectivity index (χ3v) is 3.12. The van der Waals surface area contributed by atoms with Crippen LogP contribution in [0.4, 0.5) is 0 Å². The molecule has 0 aliphatic carbocycles. The second-order valence-electron chi connectivity index (χ2n) is 5.11. The van der Waals surface area contributed by atoms with Crippen LogP contribution < -0.4 is 5.73 Å². The Morgan fingerprint density at radius 3 is 2.47 bits per heavy atom. The normalized spacial score (nSPS) is 12.4. The van der Waals surface area contributed by atoms with Gasteiger partial charge in [-0.15, -0.1) is 0 Å². The quantitative estimate of drug-likeness (QED) is 0.263. The molecule has 94 valence electrons. The van der Waals surface area contributed by atoms with Crippen molar-refractivity contribution in [3.63, 3.8) is 0 Å². The molecule has 0 bridgehead atoms. The molecule has 0 unspecified atom stereocenters. The van der Waals surface area contributed by atoms with E-state index in [4.69, 9.17) is 5.73 Å². The molecule has 3 heteroatoms. The zero-order valence-corrected chi connectivity index (χ0v) is 12.3. The zero-order chi connectivity index (χ0) is 13.3. The van der Waals surface area contributed by atoms with Crippen molar-refractivity contribution in [2.45, 2.75) is 45.8 Å². The second kappa shape index (κ2) is 7.91. The van der Waals surface area contributed by atoms with E-state index in [1.165, 1.54) is 6.08 Å². The van der Waals surface area contributed by atoms with Crippen LogP contribution in [0.1, 0.15) is 26.2 Å². The second-order valence-corrected chi connectivity index (χ2v) is 10.2. The number of amides is 1. The van der Waals surface area contributed by atoms with Gasteiger partial charge in [0, 0.05) is 18.1 Å². The summed E-state index contributed by atoms with van der Waals surface area (Å²) < 4.78 is 0. The predicted octanol–water partition coefficient (Wildman–Crippen LogP) is 3.03. The molecule has 0 aliphatic rings. The molecule has 0 heterocycles. The van der Waals surface area contributed by atoms with E-state index in [9.17, 15) is 4.79 Å². The Kier molecular flexibility index (Phi) is 7.32. The van der Waals surface area contributed by atoms with Crippen molar-refractivity contribution in [2.24, 2.45) is 5.73 Å². The average molecular weight is 249 g/mol. The first kappa shape index (κ1) is 15.7. The Bertz CT molecular complexity index is 364. The molecule has 0 aromatic rings. The molecule has 0 saturated heterocycles. The fourth-order valence-corrected chi connectivity index (χ4v) is 1.73. The molecule has 0 radical (unpaired) electrons. The third-order valence-electron chi connectivity index (χ3n) is 1.95. The van der Waals surface area contributed by atoms with Gasteiger partial charge in [-0.2, -0.15) is 0 Å². The molecule has 0 spiro atoms. The maximum absolute atomic E-state index is 10.9. The Morgan fingerprint density at radius 2 is 2.00 bits per heavy atom. The standard InChI is InChI=1S/C14H23NOSi/c1-5-6-7-8-9-13(12-14(15)16)10-11-17(2,3)4/h10-12H,5-7H2,1-4H3,(H2,15,16)/b11-10+,13-12+. The van der Waals surface area contributed by atoms with E-state index < -0.39 is 14.0 Å². The minimum atomic E-state index is -1.27. The maximum atomic E-state index is 10.9. The van der Waals surface area contributed by atoms with Gasteiger partial charge in [-0.3, -0.25) is 4.79 Å². The van der Waals surface area contributed by atoms with Gasteiger partial charge < -0.3 is 5.73 Å². The summed E-state index contributed by atoms with van der Waals surface area (Å²) in [7, 11) is -1.27. The predicted molar refractivity (Wildman–Crippen MR) is 77.1 cm³/mol. The lowest BCUT2D eigenvalue weighted by molar-refractivity contribution is -0.113. The summed E-state index contributed by atoms with van der Waals surface area (Å²) in [5.74, 6) is 5.63. The fourth-order valence-electron chi connectivity index (χ4n) is 1.05. The Labute approximate surface area is 106 Å². The van der Waals surface area contributed by atoms with E-state index in [0.717, 1.165) is 24.8 Å². The average Bonchev–Trinajstić information content (AvgIpc) is 2.18. The van der Waals surface area contributed by atoms with Crippen molar-refractivity contribution in [1.82, 2.24) is 0 Å². The minimum absolute atomic E-state index is 0.440. The number of unbranched alkanes of at least 4 members (excludes halogenated alkanes) is 2. The molecule has 0 fully saturated rings. The number of hydrogen-bond acceptors (Lipinski definition) is 1. The summed E-state index contributed by atoms with van der Waals surface area (Å²) in [5.41, 5.74) is 8.04. The summed E-state index contributed by atoms with van der Waals surface area (Å²) in [6.07, 6.45) is 6.42. The van der Waals surface area contributed by atoms with Crippen LogP contribution >= 0.6 is 0 Å². The molecular weight excluding hydrogens is 226 g/mol. The highest BCUT2D eigenvalue weighted by atomic mass is 28.3. The molecule has 0 rings (SSSR count). The van der Waals surface area contributed by atoms with Crippen LogP contribution in [-0.2, 0) is 4.79 Å². The smallest absolute Gasteiger partial charge is 0.242 e. The van der Waals surface area contributed by atoms with Crippen molar-refractivity contribution < 1.29 is 4.79 Å². The summed E-state index contributed by atoms with van der Waals surface area (Å²) in [4.78, 5) is 10.9. The van der Waals surface area contributed by atoms with E-state index in [-0.39, 0.29) is 0 Å². The molecule has 0 saturated carbocycles. The number of nitrogens with two attached hydrogens (primary N) is 1. The van der Waals surface area contributed by atoms with Crippen LogP contribution in [0.25, 0.3) is 0 Å². The first-order valence-electron chi connectivity index (χ1n) is 6.04. The lowest BCUT2D eigenvalue weighted by atomic mass is 10.2. The third kappa shape index (κ3) is 11.0. The van der Waals surface area contributed by atoms with Gasteiger partial charge in [0.1, 0.15) is 0 Å². The van der Waals surface area contributed by atoms with Crippen molar-refractivity contribution in [2.75, 3.05) is 0 Å². The lowest BCUT2D eigenvalue weighted by Crippen LogP contribution is -2.15. The van der Waals surface area contributed by atoms with Crippen LogP contribution in [0.2, 0.25) is 19.6 Å². The molecule has 17 heavy (non-hydrogen) atoms. The van der Waals surface area contributed by atoms with Crippen molar-refractivity contribution in [1.29, 1.82) is 0 Å². The largest absolute Gasteiger partial charge is 0.366 e. The lowest BCUT2D eigenvalue weighted by Gasteiger charge is -2.07. The van der Waals surface area contributed by atoms with E-state index in [1.807, 2.05) is 6.08 Å². The van der Waals surface area contributed by atoms with Gasteiger partial charge >= 0.3 is 0 Å². The minimum Gasteiger partial charge on any atom is -0.366 e. The fraction of sp³-hybridized carbons (Fsp3) is 0.500. The summed E-state index contributed by atoms with van der Waals surface area (Å²) in [5, 5.41) is 0. The summed E-state index contributed by atoms with van der Waals surface area (Å²) >= 11 is 0. The van der Waals surface area contributed by atoms with Crippen molar-refractivity contribution in [3.8, 4) is 11.8 Å². The van der Waals surface area contributed by atoms with Crippen molar-refractivity contribution >= 4 is 14.0 Å². The molecular formula is C14H23NOSi. The van der Waals surface area contributed by atoms with Gasteiger partial charge in [0.25, 0.3) is 0 Å². The Morgan fingerprint density at radius 1 is 1.35 bits per heavy atom. The van der Waals surface area contributed by atoms with Crippen LogP contribution in [0.3, 0.4) is 0 Å². The molecule has 2 nitrogen and oxygen atoms in total. The molecule has 2 N–H and O–H groups in total. The molecule has 0 atom stereocenters. The highest BCUT2D eigenvalue weighted by molar-refractivity contribution is 6.81. The van der Waals surface area contributed by atoms with E-state index in [0.29, 0.717) is 0 Å². The van der Waals surface area contributed by atoms with E-state index >= 15 is 0 Å². The zero-order valence-electron chi connectivity index (χ0n) is 11.3. The summed E-state index contributed by atoms with van der Waals surface area (Å²) in [6.45, 7) is 8.83. The maximum Gasteiger partial charge on any atom is 0.242 e. The first-order chi connectivity index (χ1) is 7.85. The molecule has 0 aromatic carbocycles. The van der Waals surface area contributed by atoms with Gasteiger partial charge in [-0.25, -0.2) is 0 Å². The van der Waals surface area contributed by atoms with Gasteiger partial charge in [-0.1, -0.05) is 56.6 Å². The van der Waals surface area contributed by atoms with Gasteiger partial charge in [0.2, 0.25) is 5.91 Å². The molecule has 1 amide bonds. The highest BCUT2D eigenvalue weighted by Crippen LogP contribution is 2.05. The van der Waals surface area contributed by atoms with Gasteiger partial charge in [-0.05, 0) is 6.42 Å². The molecule has 0 aliphatic heterocycles. The van der Waals surface area contributed by atoms with Crippen LogP contribution in [-0.4, -0.2) is 14.0 Å². The number of rotatable bonds is 5. The van der Waals surface area contributed by atoms with Gasteiger partial charge in [0.05, 0.1) is 8.07 Å². The Balaban J connectivity index is 4.72. The number of primary amides is 1. The number of carbonyl (C=O) groups is 1. The Hall–Kier alpha value is -1.27. The summed E-state index contributed by atoms with van der Waals surface area (Å²) in [6, 6.07) is 0. The van der Waals surface area contributed by atoms with E-state index in [2.05, 4.69) is 44.1 Å². The monoisotopic (exact) mass is 249 g/mol. The number of carbonyl (C=O) groups excluding carboxylic acids is 1. The SMILES string of the molecule is CCCCC#CC(=C\C(N)=O)/C=C/[Si](C)(C)C. The van der Waals surface area contributed by atoms with Crippen LogP contribution in [0, 0.1) is 11.8 Å². The van der Waals surface area contributed by atoms with Gasteiger partial charge in [0.15, 0.2) is 0 Å². The topological polar surface area (TPSA) is 43.1 Å². The number of hydrogen-bond donors (Lipinski definition) is 1. The number of allylic oxidation sites excluding steroid dienone is 2. The van der Waals surface area contributed by atoms with Crippen LogP contribution in [0.5, 0.6) is 0 Å². The highest BCUT2D eigenvalue weighted by Gasteiger charge is 2.06. The first-order valence-corrected chi connectivity index (χ1v) is 9.62. The molecule has 0 aromatic heterocycles. The van der Waals surface area contributed by atoms with Crippen LogP contribution in [0.15, 0.2) is 23.4 Å². The van der Waals surface area contributed by atoms with E-state index in [1.54, 1.807) is 0 Å².